The van der Waals surface area contributed by atoms with Gasteiger partial charge in [-0.3, -0.25) is 4.79 Å². The van der Waals surface area contributed by atoms with E-state index in [4.69, 9.17) is 5.11 Å². The Morgan fingerprint density at radius 2 is 1.67 bits per heavy atom. The van der Waals surface area contributed by atoms with Gasteiger partial charge in [-0.15, -0.1) is 0 Å². The van der Waals surface area contributed by atoms with Crippen LogP contribution in [0.2, 0.25) is 0 Å². The molecule has 2 amide bonds. The van der Waals surface area contributed by atoms with Crippen molar-refractivity contribution < 1.29 is 14.7 Å². The molecule has 0 unspecified atom stereocenters. The number of urea groups is 1. The number of nitrogens with zero attached hydrogens (tertiary/aromatic N) is 1. The van der Waals surface area contributed by atoms with E-state index in [1.807, 2.05) is 27.7 Å². The lowest BCUT2D eigenvalue weighted by Crippen LogP contribution is -2.51. The molecule has 0 aromatic carbocycles. The Morgan fingerprint density at radius 1 is 1.17 bits per heavy atom. The standard InChI is InChI=1S/C13H26N2O3/c1-6-11(7-2)15(8-9(3)4)13(18)14-10(5)12(16)17/h9-11H,6-8H2,1-5H3,(H,14,18)(H,16,17)/t10-/m1/s1. The predicted octanol–water partition coefficient (Wildman–Crippen LogP) is 2.32. The van der Waals surface area contributed by atoms with Crippen LogP contribution in [0.15, 0.2) is 0 Å². The number of amides is 2. The molecule has 18 heavy (non-hydrogen) atoms. The zero-order valence-electron chi connectivity index (χ0n) is 12.1. The third-order valence-corrected chi connectivity index (χ3v) is 2.92. The van der Waals surface area contributed by atoms with Crippen LogP contribution in [0.4, 0.5) is 4.79 Å². The van der Waals surface area contributed by atoms with Crippen LogP contribution < -0.4 is 5.32 Å². The maximum atomic E-state index is 12.1. The quantitative estimate of drug-likeness (QED) is 0.736. The Bertz CT molecular complexity index is 275. The molecule has 0 aliphatic rings. The number of carbonyl (C=O) groups excluding carboxylic acids is 1. The molecule has 1 atom stereocenters. The van der Waals surface area contributed by atoms with Crippen molar-refractivity contribution in [2.45, 2.75) is 59.5 Å². The first-order chi connectivity index (χ1) is 8.33. The van der Waals surface area contributed by atoms with Crippen LogP contribution >= 0.6 is 0 Å². The summed E-state index contributed by atoms with van der Waals surface area (Å²) in [6.45, 7) is 10.3. The maximum absolute atomic E-state index is 12.1. The molecule has 0 radical (unpaired) electrons. The summed E-state index contributed by atoms with van der Waals surface area (Å²) >= 11 is 0. The first-order valence-corrected chi connectivity index (χ1v) is 6.63. The lowest BCUT2D eigenvalue weighted by atomic mass is 10.1. The summed E-state index contributed by atoms with van der Waals surface area (Å²) in [4.78, 5) is 24.6. The van der Waals surface area contributed by atoms with Crippen LogP contribution in [-0.4, -0.2) is 40.6 Å². The monoisotopic (exact) mass is 258 g/mol. The summed E-state index contributed by atoms with van der Waals surface area (Å²) in [5.41, 5.74) is 0. The van der Waals surface area contributed by atoms with Crippen LogP contribution in [0.25, 0.3) is 0 Å². The van der Waals surface area contributed by atoms with Gasteiger partial charge in [0.25, 0.3) is 0 Å². The van der Waals surface area contributed by atoms with E-state index in [-0.39, 0.29) is 12.1 Å². The number of aliphatic carboxylic acids is 1. The second-order valence-electron chi connectivity index (χ2n) is 5.03. The molecule has 106 valence electrons. The fourth-order valence-electron chi connectivity index (χ4n) is 1.85. The molecular weight excluding hydrogens is 232 g/mol. The largest absolute Gasteiger partial charge is 0.480 e. The minimum atomic E-state index is -1.02. The predicted molar refractivity (Wildman–Crippen MR) is 71.5 cm³/mol. The van der Waals surface area contributed by atoms with Crippen molar-refractivity contribution in [2.75, 3.05) is 6.54 Å². The Labute approximate surface area is 110 Å². The summed E-state index contributed by atoms with van der Waals surface area (Å²) in [6, 6.07) is -0.984. The molecule has 0 bridgehead atoms. The highest BCUT2D eigenvalue weighted by Crippen LogP contribution is 2.12. The van der Waals surface area contributed by atoms with Gasteiger partial charge >= 0.3 is 12.0 Å². The third kappa shape index (κ3) is 5.38. The lowest BCUT2D eigenvalue weighted by Gasteiger charge is -2.32. The summed E-state index contributed by atoms with van der Waals surface area (Å²) in [5.74, 6) is -0.658. The molecule has 5 heteroatoms. The van der Waals surface area contributed by atoms with Crippen molar-refractivity contribution in [1.82, 2.24) is 10.2 Å². The van der Waals surface area contributed by atoms with Crippen molar-refractivity contribution in [3.8, 4) is 0 Å². The van der Waals surface area contributed by atoms with Crippen molar-refractivity contribution in [1.29, 1.82) is 0 Å². The zero-order valence-corrected chi connectivity index (χ0v) is 12.1. The summed E-state index contributed by atoms with van der Waals surface area (Å²) in [6.07, 6.45) is 1.75. The van der Waals surface area contributed by atoms with E-state index < -0.39 is 12.0 Å². The summed E-state index contributed by atoms with van der Waals surface area (Å²) in [5, 5.41) is 11.3. The average molecular weight is 258 g/mol. The average Bonchev–Trinajstić information content (AvgIpc) is 2.28. The van der Waals surface area contributed by atoms with Gasteiger partial charge in [0, 0.05) is 12.6 Å². The molecule has 0 aromatic rings. The molecule has 0 saturated heterocycles. The van der Waals surface area contributed by atoms with Crippen LogP contribution in [-0.2, 0) is 4.79 Å². The second kappa shape index (κ2) is 7.95. The SMILES string of the molecule is CCC(CC)N(CC(C)C)C(=O)N[C@H](C)C(=O)O. The highest BCUT2D eigenvalue weighted by Gasteiger charge is 2.24. The number of hydrogen-bond donors (Lipinski definition) is 2. The van der Waals surface area contributed by atoms with Crippen molar-refractivity contribution in [3.05, 3.63) is 0 Å². The molecule has 0 aromatic heterocycles. The molecule has 0 rings (SSSR count). The molecule has 0 spiro atoms. The maximum Gasteiger partial charge on any atom is 0.325 e. The van der Waals surface area contributed by atoms with E-state index in [0.717, 1.165) is 12.8 Å². The highest BCUT2D eigenvalue weighted by molar-refractivity contribution is 5.82. The molecule has 0 fully saturated rings. The molecule has 0 saturated carbocycles. The van der Waals surface area contributed by atoms with E-state index >= 15 is 0 Å². The third-order valence-electron chi connectivity index (χ3n) is 2.92. The van der Waals surface area contributed by atoms with Crippen LogP contribution in [0.1, 0.15) is 47.5 Å². The van der Waals surface area contributed by atoms with Crippen LogP contribution in [0.5, 0.6) is 0 Å². The van der Waals surface area contributed by atoms with Gasteiger partial charge in [-0.2, -0.15) is 0 Å². The van der Waals surface area contributed by atoms with Gasteiger partial charge < -0.3 is 15.3 Å². The van der Waals surface area contributed by atoms with Crippen molar-refractivity contribution in [2.24, 2.45) is 5.92 Å². The number of carboxylic acids is 1. The molecular formula is C13H26N2O3. The first kappa shape index (κ1) is 16.7. The van der Waals surface area contributed by atoms with Gasteiger partial charge in [-0.25, -0.2) is 4.79 Å². The number of rotatable bonds is 7. The van der Waals surface area contributed by atoms with Gasteiger partial charge in [0.2, 0.25) is 0 Å². The summed E-state index contributed by atoms with van der Waals surface area (Å²) in [7, 11) is 0. The van der Waals surface area contributed by atoms with Crippen molar-refractivity contribution in [3.63, 3.8) is 0 Å². The van der Waals surface area contributed by atoms with Gasteiger partial charge in [0.1, 0.15) is 6.04 Å². The first-order valence-electron chi connectivity index (χ1n) is 6.63. The van der Waals surface area contributed by atoms with E-state index in [1.54, 1.807) is 4.90 Å². The Morgan fingerprint density at radius 3 is 2.00 bits per heavy atom. The summed E-state index contributed by atoms with van der Waals surface area (Å²) < 4.78 is 0. The topological polar surface area (TPSA) is 69.6 Å². The van der Waals surface area contributed by atoms with E-state index in [1.165, 1.54) is 6.92 Å². The molecule has 5 nitrogen and oxygen atoms in total. The van der Waals surface area contributed by atoms with Gasteiger partial charge in [0.05, 0.1) is 0 Å². The van der Waals surface area contributed by atoms with E-state index in [0.29, 0.717) is 12.5 Å². The normalized spacial score (nSPS) is 12.6. The number of hydrogen-bond acceptors (Lipinski definition) is 2. The Kier molecular flexibility index (Phi) is 7.39. The molecule has 0 aliphatic heterocycles. The van der Waals surface area contributed by atoms with Gasteiger partial charge in [-0.05, 0) is 25.7 Å². The smallest absolute Gasteiger partial charge is 0.325 e. The Balaban J connectivity index is 4.73. The zero-order chi connectivity index (χ0) is 14.3. The number of carboxylic acid groups (broad SMARTS) is 1. The van der Waals surface area contributed by atoms with Crippen molar-refractivity contribution >= 4 is 12.0 Å². The minimum Gasteiger partial charge on any atom is -0.480 e. The van der Waals surface area contributed by atoms with E-state index in [2.05, 4.69) is 5.32 Å². The molecule has 2 N–H and O–H groups in total. The Hall–Kier alpha value is -1.26. The fourth-order valence-corrected chi connectivity index (χ4v) is 1.85. The minimum absolute atomic E-state index is 0.161. The number of nitrogens with one attached hydrogen (secondary N) is 1. The van der Waals surface area contributed by atoms with Crippen LogP contribution in [0, 0.1) is 5.92 Å². The molecule has 0 heterocycles. The van der Waals surface area contributed by atoms with Gasteiger partial charge in [-0.1, -0.05) is 27.7 Å². The molecule has 0 aliphatic carbocycles. The van der Waals surface area contributed by atoms with E-state index in [9.17, 15) is 9.59 Å². The second-order valence-corrected chi connectivity index (χ2v) is 5.03. The van der Waals surface area contributed by atoms with Gasteiger partial charge in [0.15, 0.2) is 0 Å². The lowest BCUT2D eigenvalue weighted by molar-refractivity contribution is -0.138. The highest BCUT2D eigenvalue weighted by atomic mass is 16.4. The fraction of sp³-hybridized carbons (Fsp3) is 0.846. The number of carbonyl (C=O) groups is 2. The van der Waals surface area contributed by atoms with Crippen LogP contribution in [0.3, 0.4) is 0 Å².